The van der Waals surface area contributed by atoms with Gasteiger partial charge in [0, 0.05) is 23.0 Å². The summed E-state index contributed by atoms with van der Waals surface area (Å²) in [5.74, 6) is -1.73. The Hall–Kier alpha value is -3.81. The molecule has 0 saturated heterocycles. The Morgan fingerprint density at radius 2 is 1.65 bits per heavy atom. The maximum Gasteiger partial charge on any atom is 0.471 e. The van der Waals surface area contributed by atoms with Crippen LogP contribution in [0.25, 0.3) is 0 Å². The summed E-state index contributed by atoms with van der Waals surface area (Å²) >= 11 is 0. The molecule has 0 spiro atoms. The molecule has 1 heterocycles. The molecule has 8 heteroatoms. The number of anilines is 2. The zero-order chi connectivity index (χ0) is 24.5. The van der Waals surface area contributed by atoms with E-state index < -0.39 is 24.2 Å². The Morgan fingerprint density at radius 1 is 0.971 bits per heavy atom. The topological polar surface area (TPSA) is 49.9 Å². The van der Waals surface area contributed by atoms with Gasteiger partial charge in [-0.1, -0.05) is 42.5 Å². The predicted octanol–water partition coefficient (Wildman–Crippen LogP) is 5.77. The summed E-state index contributed by atoms with van der Waals surface area (Å²) in [6, 6.07) is 19.9. The van der Waals surface area contributed by atoms with Crippen LogP contribution in [0.5, 0.6) is 5.75 Å². The molecular weight excluding hydrogens is 445 g/mol. The lowest BCUT2D eigenvalue weighted by atomic mass is 9.89. The zero-order valence-electron chi connectivity index (χ0n) is 18.6. The van der Waals surface area contributed by atoms with E-state index in [2.05, 4.69) is 0 Å². The van der Waals surface area contributed by atoms with E-state index in [1.165, 1.54) is 19.2 Å². The smallest absolute Gasteiger partial charge is 0.471 e. The lowest BCUT2D eigenvalue weighted by molar-refractivity contribution is -0.171. The van der Waals surface area contributed by atoms with Crippen LogP contribution in [0.15, 0.2) is 78.9 Å². The van der Waals surface area contributed by atoms with Crippen molar-refractivity contribution in [2.45, 2.75) is 31.6 Å². The average molecular weight is 468 g/mol. The summed E-state index contributed by atoms with van der Waals surface area (Å²) < 4.78 is 46.2. The molecule has 0 aromatic heterocycles. The Kier molecular flexibility index (Phi) is 6.32. The van der Waals surface area contributed by atoms with Crippen LogP contribution < -0.4 is 14.5 Å². The molecule has 1 aliphatic rings. The molecule has 0 bridgehead atoms. The molecule has 0 unspecified atom stereocenters. The molecular formula is C26H23F3N2O3. The van der Waals surface area contributed by atoms with Crippen molar-refractivity contribution >= 4 is 23.2 Å². The van der Waals surface area contributed by atoms with E-state index in [4.69, 9.17) is 4.74 Å². The van der Waals surface area contributed by atoms with E-state index in [0.717, 1.165) is 4.90 Å². The molecule has 2 atom stereocenters. The minimum absolute atomic E-state index is 0.128. The van der Waals surface area contributed by atoms with E-state index in [1.54, 1.807) is 78.6 Å². The Bertz CT molecular complexity index is 1200. The number of nitrogens with zero attached hydrogens (tertiary/aromatic N) is 2. The Morgan fingerprint density at radius 3 is 2.32 bits per heavy atom. The number of methoxy groups -OCH3 is 1. The van der Waals surface area contributed by atoms with E-state index >= 15 is 0 Å². The highest BCUT2D eigenvalue weighted by Gasteiger charge is 2.48. The number of para-hydroxylation sites is 2. The lowest BCUT2D eigenvalue weighted by Gasteiger charge is -2.43. The molecule has 2 amide bonds. The molecule has 34 heavy (non-hydrogen) atoms. The maximum absolute atomic E-state index is 13.6. The molecule has 176 valence electrons. The number of rotatable bonds is 4. The van der Waals surface area contributed by atoms with Gasteiger partial charge >= 0.3 is 12.1 Å². The van der Waals surface area contributed by atoms with Crippen molar-refractivity contribution in [3.8, 4) is 5.75 Å². The molecule has 0 N–H and O–H groups in total. The number of benzene rings is 3. The fourth-order valence-electron chi connectivity index (χ4n) is 4.39. The van der Waals surface area contributed by atoms with Gasteiger partial charge in [-0.15, -0.1) is 0 Å². The molecule has 0 saturated carbocycles. The highest BCUT2D eigenvalue weighted by atomic mass is 19.4. The van der Waals surface area contributed by atoms with Crippen LogP contribution in [0.2, 0.25) is 0 Å². The molecule has 3 aromatic rings. The number of amides is 2. The fraction of sp³-hybridized carbons (Fsp3) is 0.231. The number of carbonyl (C=O) groups excluding carboxylic acids is 2. The number of ether oxygens (including phenoxy) is 1. The summed E-state index contributed by atoms with van der Waals surface area (Å²) in [4.78, 5) is 28.5. The Balaban J connectivity index is 1.81. The first-order valence-electron chi connectivity index (χ1n) is 10.7. The zero-order valence-corrected chi connectivity index (χ0v) is 18.6. The minimum Gasteiger partial charge on any atom is -0.497 e. The third kappa shape index (κ3) is 4.35. The summed E-state index contributed by atoms with van der Waals surface area (Å²) in [5, 5.41) is 0. The van der Waals surface area contributed by atoms with Crippen LogP contribution in [0.3, 0.4) is 0 Å². The Labute approximate surface area is 195 Å². The minimum atomic E-state index is -5.05. The van der Waals surface area contributed by atoms with Crippen LogP contribution in [0.1, 0.15) is 35.3 Å². The molecule has 3 aromatic carbocycles. The van der Waals surface area contributed by atoms with E-state index in [-0.39, 0.29) is 18.0 Å². The van der Waals surface area contributed by atoms with Crippen molar-refractivity contribution in [2.75, 3.05) is 16.9 Å². The average Bonchev–Trinajstić information content (AvgIpc) is 2.84. The third-order valence-corrected chi connectivity index (χ3v) is 5.90. The van der Waals surface area contributed by atoms with Crippen molar-refractivity contribution in [3.63, 3.8) is 0 Å². The normalized spacial score (nSPS) is 17.6. The first-order valence-corrected chi connectivity index (χ1v) is 10.7. The maximum atomic E-state index is 13.6. The summed E-state index contributed by atoms with van der Waals surface area (Å²) in [6.45, 7) is 1.77. The SMILES string of the molecule is COc1cccc(C(=O)N2c3ccccc3[C@@H](N(C(=O)C(F)(F)F)c3ccccc3)C[C@@H]2C)c1. The quantitative estimate of drug-likeness (QED) is 0.489. The van der Waals surface area contributed by atoms with Gasteiger partial charge in [0.2, 0.25) is 0 Å². The number of fused-ring (bicyclic) bond motifs is 1. The molecule has 0 fully saturated rings. The van der Waals surface area contributed by atoms with Crippen molar-refractivity contribution in [1.29, 1.82) is 0 Å². The molecule has 5 nitrogen and oxygen atoms in total. The van der Waals surface area contributed by atoms with Crippen LogP contribution in [0, 0.1) is 0 Å². The number of hydrogen-bond acceptors (Lipinski definition) is 3. The molecule has 4 rings (SSSR count). The monoisotopic (exact) mass is 468 g/mol. The van der Waals surface area contributed by atoms with Gasteiger partial charge in [-0.3, -0.25) is 14.5 Å². The second kappa shape index (κ2) is 9.21. The van der Waals surface area contributed by atoms with Gasteiger partial charge < -0.3 is 9.64 Å². The second-order valence-corrected chi connectivity index (χ2v) is 8.07. The molecule has 0 aliphatic carbocycles. The first-order chi connectivity index (χ1) is 16.2. The largest absolute Gasteiger partial charge is 0.497 e. The summed E-state index contributed by atoms with van der Waals surface area (Å²) in [6.07, 6.45) is -4.93. The first kappa shape index (κ1) is 23.4. The van der Waals surface area contributed by atoms with Crippen molar-refractivity contribution in [3.05, 3.63) is 90.0 Å². The van der Waals surface area contributed by atoms with Crippen molar-refractivity contribution < 1.29 is 27.5 Å². The summed E-state index contributed by atoms with van der Waals surface area (Å²) in [7, 11) is 1.50. The van der Waals surface area contributed by atoms with Crippen LogP contribution in [-0.2, 0) is 4.79 Å². The number of carbonyl (C=O) groups is 2. The van der Waals surface area contributed by atoms with Gasteiger partial charge in [0.25, 0.3) is 5.91 Å². The van der Waals surface area contributed by atoms with Gasteiger partial charge in [-0.05, 0) is 55.3 Å². The number of alkyl halides is 3. The van der Waals surface area contributed by atoms with E-state index in [9.17, 15) is 22.8 Å². The van der Waals surface area contributed by atoms with Gasteiger partial charge in [-0.25, -0.2) is 0 Å². The van der Waals surface area contributed by atoms with Crippen LogP contribution >= 0.6 is 0 Å². The standard InChI is InChI=1S/C26H23F3N2O3/c1-17-15-23(31(25(33)26(27,28)29)19-10-4-3-5-11-19)21-13-6-7-14-22(21)30(17)24(32)18-9-8-12-20(16-18)34-2/h3-14,16-17,23H,15H2,1-2H3/t17-,23-/m0/s1. The van der Waals surface area contributed by atoms with E-state index in [0.29, 0.717) is 22.6 Å². The van der Waals surface area contributed by atoms with Crippen LogP contribution in [0.4, 0.5) is 24.5 Å². The van der Waals surface area contributed by atoms with Gasteiger partial charge in [0.15, 0.2) is 0 Å². The summed E-state index contributed by atoms with van der Waals surface area (Å²) in [5.41, 5.74) is 1.48. The van der Waals surface area contributed by atoms with Gasteiger partial charge in [0.05, 0.1) is 13.2 Å². The number of halogens is 3. The number of hydrogen-bond donors (Lipinski definition) is 0. The highest BCUT2D eigenvalue weighted by Crippen LogP contribution is 2.44. The molecule has 0 radical (unpaired) electrons. The van der Waals surface area contributed by atoms with Gasteiger partial charge in [-0.2, -0.15) is 13.2 Å². The van der Waals surface area contributed by atoms with Crippen molar-refractivity contribution in [1.82, 2.24) is 0 Å². The predicted molar refractivity (Wildman–Crippen MR) is 123 cm³/mol. The third-order valence-electron chi connectivity index (χ3n) is 5.90. The van der Waals surface area contributed by atoms with Gasteiger partial charge in [0.1, 0.15) is 5.75 Å². The second-order valence-electron chi connectivity index (χ2n) is 8.07. The molecule has 1 aliphatic heterocycles. The fourth-order valence-corrected chi connectivity index (χ4v) is 4.39. The highest BCUT2D eigenvalue weighted by molar-refractivity contribution is 6.08. The van der Waals surface area contributed by atoms with Crippen molar-refractivity contribution in [2.24, 2.45) is 0 Å². The van der Waals surface area contributed by atoms with E-state index in [1.807, 2.05) is 0 Å². The van der Waals surface area contributed by atoms with Crippen LogP contribution in [-0.4, -0.2) is 31.1 Å². The lowest BCUT2D eigenvalue weighted by Crippen LogP contribution is -2.50.